The van der Waals surface area contributed by atoms with E-state index in [4.69, 9.17) is 0 Å². The van der Waals surface area contributed by atoms with E-state index in [-0.39, 0.29) is 5.82 Å². The van der Waals surface area contributed by atoms with Gasteiger partial charge in [0, 0.05) is 4.83 Å². The van der Waals surface area contributed by atoms with Crippen molar-refractivity contribution in [2.75, 3.05) is 0 Å². The first-order valence-corrected chi connectivity index (χ1v) is 5.90. The van der Waals surface area contributed by atoms with E-state index in [0.717, 1.165) is 6.42 Å². The molecular formula is C12H14BrF. The molecule has 0 aromatic heterocycles. The monoisotopic (exact) mass is 256 g/mol. The van der Waals surface area contributed by atoms with Gasteiger partial charge in [-0.05, 0) is 42.4 Å². The van der Waals surface area contributed by atoms with Crippen LogP contribution in [0.1, 0.15) is 36.6 Å². The minimum atomic E-state index is -0.161. The van der Waals surface area contributed by atoms with Gasteiger partial charge < -0.3 is 0 Å². The fourth-order valence-electron chi connectivity index (χ4n) is 1.64. The molecule has 1 aromatic rings. The van der Waals surface area contributed by atoms with Crippen molar-refractivity contribution in [1.82, 2.24) is 0 Å². The van der Waals surface area contributed by atoms with Gasteiger partial charge in [-0.25, -0.2) is 4.39 Å². The summed E-state index contributed by atoms with van der Waals surface area (Å²) < 4.78 is 12.7. The molecule has 0 amide bonds. The minimum absolute atomic E-state index is 0.161. The Bertz CT molecular complexity index is 314. The van der Waals surface area contributed by atoms with Gasteiger partial charge in [-0.2, -0.15) is 0 Å². The maximum atomic E-state index is 12.7. The summed E-state index contributed by atoms with van der Waals surface area (Å²) in [7, 11) is 0. The van der Waals surface area contributed by atoms with Crippen LogP contribution in [-0.4, -0.2) is 0 Å². The molecule has 14 heavy (non-hydrogen) atoms. The molecule has 2 heteroatoms. The number of rotatable bonds is 3. The molecule has 1 aliphatic rings. The standard InChI is InChI=1S/C12H14BrF/c1-12(6-7-12)8-11(13)9-2-4-10(14)5-3-9/h2-5,11H,6-8H2,1H3. The summed E-state index contributed by atoms with van der Waals surface area (Å²) in [5, 5.41) is 0. The summed E-state index contributed by atoms with van der Waals surface area (Å²) in [6.45, 7) is 2.31. The van der Waals surface area contributed by atoms with Gasteiger partial charge in [-0.1, -0.05) is 35.0 Å². The zero-order valence-electron chi connectivity index (χ0n) is 8.26. The van der Waals surface area contributed by atoms with Gasteiger partial charge in [0.1, 0.15) is 5.82 Å². The molecule has 0 saturated heterocycles. The minimum Gasteiger partial charge on any atom is -0.207 e. The highest BCUT2D eigenvalue weighted by Gasteiger charge is 2.38. The van der Waals surface area contributed by atoms with Crippen molar-refractivity contribution >= 4 is 15.9 Å². The maximum Gasteiger partial charge on any atom is 0.123 e. The second kappa shape index (κ2) is 3.65. The summed E-state index contributed by atoms with van der Waals surface area (Å²) in [6, 6.07) is 6.78. The van der Waals surface area contributed by atoms with Crippen LogP contribution in [0, 0.1) is 11.2 Å². The van der Waals surface area contributed by atoms with E-state index >= 15 is 0 Å². The van der Waals surface area contributed by atoms with Gasteiger partial charge in [0.15, 0.2) is 0 Å². The summed E-state index contributed by atoms with van der Waals surface area (Å²) >= 11 is 3.66. The molecule has 2 rings (SSSR count). The third kappa shape index (κ3) is 2.35. The molecule has 1 aromatic carbocycles. The zero-order chi connectivity index (χ0) is 10.2. The quantitative estimate of drug-likeness (QED) is 0.701. The van der Waals surface area contributed by atoms with E-state index in [1.807, 2.05) is 12.1 Å². The van der Waals surface area contributed by atoms with Crippen molar-refractivity contribution < 1.29 is 4.39 Å². The summed E-state index contributed by atoms with van der Waals surface area (Å²) in [6.07, 6.45) is 3.81. The Morgan fingerprint density at radius 2 is 1.93 bits per heavy atom. The van der Waals surface area contributed by atoms with E-state index < -0.39 is 0 Å². The molecule has 0 radical (unpaired) electrons. The predicted octanol–water partition coefficient (Wildman–Crippen LogP) is 4.45. The van der Waals surface area contributed by atoms with Crippen LogP contribution in [0.5, 0.6) is 0 Å². The number of halogens is 2. The number of alkyl halides is 1. The Labute approximate surface area is 92.6 Å². The largest absolute Gasteiger partial charge is 0.207 e. The number of benzene rings is 1. The second-order valence-electron chi connectivity index (χ2n) is 4.53. The van der Waals surface area contributed by atoms with Gasteiger partial charge in [-0.3, -0.25) is 0 Å². The lowest BCUT2D eigenvalue weighted by molar-refractivity contribution is 0.515. The molecule has 0 aliphatic heterocycles. The highest BCUT2D eigenvalue weighted by atomic mass is 79.9. The average Bonchev–Trinajstić information content (AvgIpc) is 2.84. The molecule has 0 N–H and O–H groups in total. The molecule has 76 valence electrons. The Balaban J connectivity index is 2.03. The van der Waals surface area contributed by atoms with E-state index in [2.05, 4.69) is 22.9 Å². The topological polar surface area (TPSA) is 0 Å². The Morgan fingerprint density at radius 3 is 2.43 bits per heavy atom. The van der Waals surface area contributed by atoms with Gasteiger partial charge in [0.2, 0.25) is 0 Å². The van der Waals surface area contributed by atoms with Crippen molar-refractivity contribution in [2.45, 2.75) is 31.0 Å². The van der Waals surface area contributed by atoms with E-state index in [9.17, 15) is 4.39 Å². The first-order chi connectivity index (χ1) is 6.59. The third-order valence-corrected chi connectivity index (χ3v) is 3.86. The molecule has 1 saturated carbocycles. The Hall–Kier alpha value is -0.370. The van der Waals surface area contributed by atoms with Crippen molar-refractivity contribution in [1.29, 1.82) is 0 Å². The second-order valence-corrected chi connectivity index (χ2v) is 5.64. The van der Waals surface area contributed by atoms with E-state index in [1.54, 1.807) is 0 Å². The zero-order valence-corrected chi connectivity index (χ0v) is 9.85. The lowest BCUT2D eigenvalue weighted by atomic mass is 9.99. The fraction of sp³-hybridized carbons (Fsp3) is 0.500. The van der Waals surface area contributed by atoms with Crippen LogP contribution in [0.3, 0.4) is 0 Å². The average molecular weight is 257 g/mol. The van der Waals surface area contributed by atoms with Crippen LogP contribution in [0.4, 0.5) is 4.39 Å². The van der Waals surface area contributed by atoms with Crippen molar-refractivity contribution in [3.05, 3.63) is 35.6 Å². The Kier molecular flexibility index (Phi) is 2.65. The molecule has 1 unspecified atom stereocenters. The summed E-state index contributed by atoms with van der Waals surface area (Å²) in [5.74, 6) is -0.161. The van der Waals surface area contributed by atoms with Crippen molar-refractivity contribution in [3.8, 4) is 0 Å². The lowest BCUT2D eigenvalue weighted by Crippen LogP contribution is -1.99. The van der Waals surface area contributed by atoms with Gasteiger partial charge >= 0.3 is 0 Å². The summed E-state index contributed by atoms with van der Waals surface area (Å²) in [5.41, 5.74) is 1.71. The molecule has 1 aliphatic carbocycles. The lowest BCUT2D eigenvalue weighted by Gasteiger charge is -2.14. The van der Waals surface area contributed by atoms with Gasteiger partial charge in [0.25, 0.3) is 0 Å². The molecule has 1 atom stereocenters. The SMILES string of the molecule is CC1(CC(Br)c2ccc(F)cc2)CC1. The van der Waals surface area contributed by atoms with Crippen LogP contribution in [0.15, 0.2) is 24.3 Å². The summed E-state index contributed by atoms with van der Waals surface area (Å²) in [4.78, 5) is 0.371. The van der Waals surface area contributed by atoms with Crippen molar-refractivity contribution in [3.63, 3.8) is 0 Å². The fourth-order valence-corrected chi connectivity index (χ4v) is 2.73. The van der Waals surface area contributed by atoms with Crippen LogP contribution in [-0.2, 0) is 0 Å². The molecule has 0 bridgehead atoms. The number of hydrogen-bond acceptors (Lipinski definition) is 0. The van der Waals surface area contributed by atoms with E-state index in [1.165, 1.54) is 30.5 Å². The van der Waals surface area contributed by atoms with Crippen LogP contribution in [0.2, 0.25) is 0 Å². The highest BCUT2D eigenvalue weighted by Crippen LogP contribution is 2.52. The normalized spacial score (nSPS) is 20.5. The smallest absolute Gasteiger partial charge is 0.123 e. The number of hydrogen-bond donors (Lipinski definition) is 0. The Morgan fingerprint density at radius 1 is 1.36 bits per heavy atom. The molecule has 0 spiro atoms. The molecule has 1 fully saturated rings. The molecule has 0 heterocycles. The first-order valence-electron chi connectivity index (χ1n) is 4.99. The van der Waals surface area contributed by atoms with Gasteiger partial charge in [0.05, 0.1) is 0 Å². The third-order valence-electron chi connectivity index (χ3n) is 3.01. The van der Waals surface area contributed by atoms with E-state index in [0.29, 0.717) is 10.2 Å². The van der Waals surface area contributed by atoms with Crippen LogP contribution >= 0.6 is 15.9 Å². The maximum absolute atomic E-state index is 12.7. The van der Waals surface area contributed by atoms with Crippen molar-refractivity contribution in [2.24, 2.45) is 5.41 Å². The predicted molar refractivity (Wildman–Crippen MR) is 60.0 cm³/mol. The molecular weight excluding hydrogens is 243 g/mol. The first kappa shape index (κ1) is 10.2. The van der Waals surface area contributed by atoms with Crippen LogP contribution < -0.4 is 0 Å². The van der Waals surface area contributed by atoms with Gasteiger partial charge in [-0.15, -0.1) is 0 Å². The van der Waals surface area contributed by atoms with Crippen LogP contribution in [0.25, 0.3) is 0 Å². The highest BCUT2D eigenvalue weighted by molar-refractivity contribution is 9.09. The molecule has 0 nitrogen and oxygen atoms in total.